The predicted octanol–water partition coefficient (Wildman–Crippen LogP) is 3.11. The van der Waals surface area contributed by atoms with Gasteiger partial charge < -0.3 is 16.0 Å². The van der Waals surface area contributed by atoms with E-state index in [9.17, 15) is 9.59 Å². The standard InChI is InChI=1S/C20H19N7O2S2/c1-2-12-5-3-4-6-16(12)27-11-23-26-20(27)31-10-17(28)25-19-24-15(9-30-19)13-7-14(18(21)29)22-8-13/h3-9,11,22H,2,10H2,1H3,(H2,21,29)(H,24,25,28). The number of nitrogens with two attached hydrogens (primary N) is 1. The molecule has 0 saturated carbocycles. The minimum Gasteiger partial charge on any atom is -0.364 e. The lowest BCUT2D eigenvalue weighted by Gasteiger charge is -2.10. The number of thiazole rings is 1. The van der Waals surface area contributed by atoms with Gasteiger partial charge in [-0.1, -0.05) is 36.9 Å². The molecule has 1 aromatic carbocycles. The molecule has 0 aliphatic rings. The van der Waals surface area contributed by atoms with E-state index in [-0.39, 0.29) is 11.7 Å². The van der Waals surface area contributed by atoms with Gasteiger partial charge in [-0.15, -0.1) is 21.5 Å². The minimum absolute atomic E-state index is 0.165. The number of hydrogen-bond acceptors (Lipinski definition) is 7. The van der Waals surface area contributed by atoms with Crippen molar-refractivity contribution in [1.29, 1.82) is 0 Å². The van der Waals surface area contributed by atoms with Gasteiger partial charge in [-0.25, -0.2) is 4.98 Å². The summed E-state index contributed by atoms with van der Waals surface area (Å²) >= 11 is 2.61. The van der Waals surface area contributed by atoms with Crippen molar-refractivity contribution in [2.45, 2.75) is 18.5 Å². The highest BCUT2D eigenvalue weighted by molar-refractivity contribution is 7.99. The molecule has 3 aromatic heterocycles. The maximum absolute atomic E-state index is 12.4. The van der Waals surface area contributed by atoms with Crippen LogP contribution in [0.1, 0.15) is 23.0 Å². The highest BCUT2D eigenvalue weighted by Crippen LogP contribution is 2.26. The first kappa shape index (κ1) is 20.8. The molecule has 31 heavy (non-hydrogen) atoms. The number of carbonyl (C=O) groups is 2. The Labute approximate surface area is 186 Å². The SMILES string of the molecule is CCc1ccccc1-n1cnnc1SCC(=O)Nc1nc(-c2c[nH]c(C(N)=O)c2)cs1. The number of nitrogens with zero attached hydrogens (tertiary/aromatic N) is 4. The van der Waals surface area contributed by atoms with Crippen molar-refractivity contribution in [3.8, 4) is 16.9 Å². The molecule has 0 atom stereocenters. The van der Waals surface area contributed by atoms with E-state index in [1.54, 1.807) is 24.0 Å². The fraction of sp³-hybridized carbons (Fsp3) is 0.150. The summed E-state index contributed by atoms with van der Waals surface area (Å²) in [6.45, 7) is 2.09. The van der Waals surface area contributed by atoms with Crippen molar-refractivity contribution < 1.29 is 9.59 Å². The van der Waals surface area contributed by atoms with E-state index in [1.807, 2.05) is 22.8 Å². The molecule has 0 bridgehead atoms. The number of carbonyl (C=O) groups excluding carboxylic acids is 2. The molecule has 0 saturated heterocycles. The van der Waals surface area contributed by atoms with Crippen molar-refractivity contribution in [3.05, 3.63) is 59.5 Å². The van der Waals surface area contributed by atoms with E-state index < -0.39 is 5.91 Å². The summed E-state index contributed by atoms with van der Waals surface area (Å²) in [6, 6.07) is 9.66. The number of para-hydroxylation sites is 1. The first-order valence-corrected chi connectivity index (χ1v) is 11.3. The Morgan fingerprint density at radius 2 is 2.16 bits per heavy atom. The van der Waals surface area contributed by atoms with Crippen molar-refractivity contribution >= 4 is 40.0 Å². The molecule has 0 radical (unpaired) electrons. The second-order valence-corrected chi connectivity index (χ2v) is 8.31. The van der Waals surface area contributed by atoms with Crippen LogP contribution in [0.25, 0.3) is 16.9 Å². The smallest absolute Gasteiger partial charge is 0.265 e. The van der Waals surface area contributed by atoms with E-state index in [2.05, 4.69) is 38.5 Å². The van der Waals surface area contributed by atoms with Crippen LogP contribution in [0.3, 0.4) is 0 Å². The summed E-state index contributed by atoms with van der Waals surface area (Å²) in [6.07, 6.45) is 4.18. The number of H-pyrrole nitrogens is 1. The van der Waals surface area contributed by atoms with Crippen LogP contribution in [0.4, 0.5) is 5.13 Å². The average molecular weight is 454 g/mol. The average Bonchev–Trinajstić information content (AvgIpc) is 3.52. The summed E-state index contributed by atoms with van der Waals surface area (Å²) in [5.74, 6) is -0.574. The van der Waals surface area contributed by atoms with Crippen LogP contribution in [0.15, 0.2) is 53.4 Å². The van der Waals surface area contributed by atoms with Crippen molar-refractivity contribution in [3.63, 3.8) is 0 Å². The predicted molar refractivity (Wildman–Crippen MR) is 121 cm³/mol. The number of aryl methyl sites for hydroxylation is 1. The summed E-state index contributed by atoms with van der Waals surface area (Å²) < 4.78 is 1.89. The van der Waals surface area contributed by atoms with Gasteiger partial charge in [0.05, 0.1) is 17.1 Å². The van der Waals surface area contributed by atoms with Crippen molar-refractivity contribution in [2.75, 3.05) is 11.1 Å². The Morgan fingerprint density at radius 1 is 1.32 bits per heavy atom. The highest BCUT2D eigenvalue weighted by atomic mass is 32.2. The van der Waals surface area contributed by atoms with Crippen molar-refractivity contribution in [2.24, 2.45) is 5.73 Å². The van der Waals surface area contributed by atoms with Gasteiger partial charge in [0.2, 0.25) is 5.91 Å². The van der Waals surface area contributed by atoms with Crippen LogP contribution < -0.4 is 11.1 Å². The first-order valence-electron chi connectivity index (χ1n) is 9.40. The molecule has 0 aliphatic heterocycles. The molecule has 4 aromatic rings. The van der Waals surface area contributed by atoms with Gasteiger partial charge in [0, 0.05) is 17.1 Å². The molecule has 2 amide bonds. The number of rotatable bonds is 8. The van der Waals surface area contributed by atoms with Crippen LogP contribution in [-0.4, -0.2) is 42.3 Å². The van der Waals surface area contributed by atoms with Crippen LogP contribution in [0, 0.1) is 0 Å². The topological polar surface area (TPSA) is 132 Å². The number of aromatic nitrogens is 5. The van der Waals surface area contributed by atoms with E-state index in [4.69, 9.17) is 5.73 Å². The van der Waals surface area contributed by atoms with Crippen LogP contribution in [0.5, 0.6) is 0 Å². The summed E-state index contributed by atoms with van der Waals surface area (Å²) in [5, 5.41) is 13.9. The molecule has 0 spiro atoms. The third-order valence-electron chi connectivity index (χ3n) is 4.48. The Kier molecular flexibility index (Phi) is 6.14. The molecule has 11 heteroatoms. The lowest BCUT2D eigenvalue weighted by molar-refractivity contribution is -0.113. The molecule has 4 N–H and O–H groups in total. The maximum atomic E-state index is 12.4. The number of aromatic amines is 1. The van der Waals surface area contributed by atoms with E-state index in [0.717, 1.165) is 17.7 Å². The van der Waals surface area contributed by atoms with E-state index >= 15 is 0 Å². The molecular formula is C20H19N7O2S2. The maximum Gasteiger partial charge on any atom is 0.265 e. The molecule has 3 heterocycles. The lowest BCUT2D eigenvalue weighted by atomic mass is 10.1. The van der Waals surface area contributed by atoms with Crippen LogP contribution in [0.2, 0.25) is 0 Å². The van der Waals surface area contributed by atoms with Crippen LogP contribution >= 0.6 is 23.1 Å². The van der Waals surface area contributed by atoms with Crippen molar-refractivity contribution in [1.82, 2.24) is 24.7 Å². The van der Waals surface area contributed by atoms with Crippen LogP contribution in [-0.2, 0) is 11.2 Å². The number of benzene rings is 1. The Hall–Kier alpha value is -3.44. The molecular weight excluding hydrogens is 434 g/mol. The normalized spacial score (nSPS) is 10.9. The zero-order valence-electron chi connectivity index (χ0n) is 16.5. The quantitative estimate of drug-likeness (QED) is 0.351. The Bertz CT molecular complexity index is 1230. The summed E-state index contributed by atoms with van der Waals surface area (Å²) in [5.41, 5.74) is 9.11. The van der Waals surface area contributed by atoms with Gasteiger partial charge in [0.15, 0.2) is 10.3 Å². The van der Waals surface area contributed by atoms with Gasteiger partial charge in [0.25, 0.3) is 5.91 Å². The number of nitrogens with one attached hydrogen (secondary N) is 2. The molecule has 0 unspecified atom stereocenters. The summed E-state index contributed by atoms with van der Waals surface area (Å²) in [7, 11) is 0. The van der Waals surface area contributed by atoms with E-state index in [1.165, 1.54) is 28.7 Å². The number of anilines is 1. The fourth-order valence-electron chi connectivity index (χ4n) is 2.97. The molecule has 158 valence electrons. The third kappa shape index (κ3) is 4.67. The molecule has 0 fully saturated rings. The monoisotopic (exact) mass is 453 g/mol. The van der Waals surface area contributed by atoms with Gasteiger partial charge >= 0.3 is 0 Å². The molecule has 9 nitrogen and oxygen atoms in total. The first-order chi connectivity index (χ1) is 15.0. The fourth-order valence-corrected chi connectivity index (χ4v) is 4.42. The molecule has 0 aliphatic carbocycles. The second-order valence-electron chi connectivity index (χ2n) is 6.51. The lowest BCUT2D eigenvalue weighted by Crippen LogP contribution is -2.14. The Balaban J connectivity index is 1.39. The number of primary amides is 1. The van der Waals surface area contributed by atoms with E-state index in [0.29, 0.717) is 21.7 Å². The number of hydrogen-bond donors (Lipinski definition) is 3. The Morgan fingerprint density at radius 3 is 2.94 bits per heavy atom. The highest BCUT2D eigenvalue weighted by Gasteiger charge is 2.14. The third-order valence-corrected chi connectivity index (χ3v) is 6.18. The number of amides is 2. The van der Waals surface area contributed by atoms with Gasteiger partial charge in [-0.3, -0.25) is 14.2 Å². The van der Waals surface area contributed by atoms with Gasteiger partial charge in [-0.05, 0) is 24.1 Å². The molecule has 4 rings (SSSR count). The second kappa shape index (κ2) is 9.14. The zero-order valence-corrected chi connectivity index (χ0v) is 18.2. The van der Waals surface area contributed by atoms with Gasteiger partial charge in [0.1, 0.15) is 12.0 Å². The minimum atomic E-state index is -0.540. The summed E-state index contributed by atoms with van der Waals surface area (Å²) in [4.78, 5) is 30.8. The number of thioether (sulfide) groups is 1. The largest absolute Gasteiger partial charge is 0.364 e. The zero-order chi connectivity index (χ0) is 21.8. The van der Waals surface area contributed by atoms with Gasteiger partial charge in [-0.2, -0.15) is 0 Å².